The number of rotatable bonds is 6. The van der Waals surface area contributed by atoms with Crippen molar-refractivity contribution in [1.82, 2.24) is 5.32 Å². The molecule has 2 nitrogen and oxygen atoms in total. The van der Waals surface area contributed by atoms with Crippen molar-refractivity contribution in [2.75, 3.05) is 13.1 Å². The first-order valence-electron chi connectivity index (χ1n) is 5.77. The maximum atomic E-state index is 5.88. The molecule has 3 heteroatoms. The topological polar surface area (TPSA) is 21.3 Å². The van der Waals surface area contributed by atoms with Gasteiger partial charge in [-0.1, -0.05) is 28.9 Å². The summed E-state index contributed by atoms with van der Waals surface area (Å²) in [6, 6.07) is 6.11. The number of benzene rings is 1. The highest BCUT2D eigenvalue weighted by atomic mass is 79.9. The molecule has 0 fully saturated rings. The third-order valence-corrected chi connectivity index (χ3v) is 2.83. The number of halogens is 1. The summed E-state index contributed by atoms with van der Waals surface area (Å²) in [6.45, 7) is 8.25. The van der Waals surface area contributed by atoms with E-state index in [2.05, 4.69) is 48.1 Å². The number of hydrogen-bond donors (Lipinski definition) is 1. The average molecular weight is 286 g/mol. The van der Waals surface area contributed by atoms with Gasteiger partial charge >= 0.3 is 0 Å². The molecule has 0 spiro atoms. The van der Waals surface area contributed by atoms with Crippen molar-refractivity contribution in [2.24, 2.45) is 0 Å². The smallest absolute Gasteiger partial charge is 0.123 e. The fraction of sp³-hybridized carbons (Fsp3) is 0.538. The van der Waals surface area contributed by atoms with Crippen molar-refractivity contribution >= 4 is 15.9 Å². The Bertz CT molecular complexity index is 328. The standard InChI is InChI=1S/C13H20BrNO/c1-4-7-15-9-11(3)16-13-8-12(14)6-5-10(13)2/h5-6,8,11,15H,4,7,9H2,1-3H3. The molecule has 0 radical (unpaired) electrons. The summed E-state index contributed by atoms with van der Waals surface area (Å²) in [5.41, 5.74) is 1.17. The molecule has 0 aromatic heterocycles. The molecule has 0 heterocycles. The zero-order valence-electron chi connectivity index (χ0n) is 10.2. The Morgan fingerprint density at radius 1 is 1.44 bits per heavy atom. The van der Waals surface area contributed by atoms with Crippen LogP contribution >= 0.6 is 15.9 Å². The van der Waals surface area contributed by atoms with Crippen LogP contribution in [0.3, 0.4) is 0 Å². The molecule has 1 N–H and O–H groups in total. The molecule has 90 valence electrons. The Morgan fingerprint density at radius 3 is 2.88 bits per heavy atom. The lowest BCUT2D eigenvalue weighted by molar-refractivity contribution is 0.216. The van der Waals surface area contributed by atoms with Crippen LogP contribution < -0.4 is 10.1 Å². The lowest BCUT2D eigenvalue weighted by Gasteiger charge is -2.17. The van der Waals surface area contributed by atoms with E-state index in [9.17, 15) is 0 Å². The van der Waals surface area contributed by atoms with Crippen LogP contribution in [0, 0.1) is 6.92 Å². The van der Waals surface area contributed by atoms with Crippen LogP contribution in [-0.2, 0) is 0 Å². The second-order valence-corrected chi connectivity index (χ2v) is 4.96. The predicted molar refractivity (Wildman–Crippen MR) is 72.1 cm³/mol. The maximum absolute atomic E-state index is 5.88. The Balaban J connectivity index is 2.48. The van der Waals surface area contributed by atoms with Crippen molar-refractivity contribution in [3.05, 3.63) is 28.2 Å². The van der Waals surface area contributed by atoms with Crippen LogP contribution in [0.1, 0.15) is 25.8 Å². The van der Waals surface area contributed by atoms with E-state index in [0.717, 1.165) is 29.7 Å². The fourth-order valence-corrected chi connectivity index (χ4v) is 1.78. The van der Waals surface area contributed by atoms with Crippen molar-refractivity contribution in [1.29, 1.82) is 0 Å². The SMILES string of the molecule is CCCNCC(C)Oc1cc(Br)ccc1C. The largest absolute Gasteiger partial charge is 0.489 e. The van der Waals surface area contributed by atoms with E-state index in [-0.39, 0.29) is 6.10 Å². The van der Waals surface area contributed by atoms with Gasteiger partial charge in [0.05, 0.1) is 0 Å². The van der Waals surface area contributed by atoms with Crippen molar-refractivity contribution in [3.8, 4) is 5.75 Å². The summed E-state index contributed by atoms with van der Waals surface area (Å²) in [5.74, 6) is 0.958. The third kappa shape index (κ3) is 4.54. The summed E-state index contributed by atoms with van der Waals surface area (Å²) < 4.78 is 6.94. The molecule has 0 saturated heterocycles. The van der Waals surface area contributed by atoms with Crippen LogP contribution in [0.2, 0.25) is 0 Å². The van der Waals surface area contributed by atoms with Gasteiger partial charge in [-0.05, 0) is 44.5 Å². The minimum Gasteiger partial charge on any atom is -0.489 e. The minimum absolute atomic E-state index is 0.194. The molecule has 0 aliphatic rings. The Hall–Kier alpha value is -0.540. The first-order valence-corrected chi connectivity index (χ1v) is 6.56. The predicted octanol–water partition coefficient (Wildman–Crippen LogP) is 3.52. The fourth-order valence-electron chi connectivity index (χ4n) is 1.44. The summed E-state index contributed by atoms with van der Waals surface area (Å²) in [6.07, 6.45) is 1.35. The van der Waals surface area contributed by atoms with Gasteiger partial charge in [-0.2, -0.15) is 0 Å². The molecule has 1 aromatic carbocycles. The van der Waals surface area contributed by atoms with Crippen LogP contribution in [0.15, 0.2) is 22.7 Å². The van der Waals surface area contributed by atoms with Gasteiger partial charge in [0.25, 0.3) is 0 Å². The molecule has 1 atom stereocenters. The highest BCUT2D eigenvalue weighted by Crippen LogP contribution is 2.23. The van der Waals surface area contributed by atoms with E-state index in [1.165, 1.54) is 5.56 Å². The van der Waals surface area contributed by atoms with Gasteiger partial charge in [0.2, 0.25) is 0 Å². The molecule has 0 bridgehead atoms. The number of aryl methyl sites for hydroxylation is 1. The molecule has 0 aliphatic carbocycles. The van der Waals surface area contributed by atoms with E-state index in [1.807, 2.05) is 12.1 Å². The molecular formula is C13H20BrNO. The van der Waals surface area contributed by atoms with Gasteiger partial charge in [-0.15, -0.1) is 0 Å². The van der Waals surface area contributed by atoms with Gasteiger partial charge in [0.1, 0.15) is 11.9 Å². The van der Waals surface area contributed by atoms with Crippen LogP contribution in [-0.4, -0.2) is 19.2 Å². The second kappa shape index (κ2) is 6.92. The minimum atomic E-state index is 0.194. The Labute approximate surface area is 107 Å². The monoisotopic (exact) mass is 285 g/mol. The molecule has 1 unspecified atom stereocenters. The van der Waals surface area contributed by atoms with Crippen molar-refractivity contribution in [2.45, 2.75) is 33.3 Å². The van der Waals surface area contributed by atoms with E-state index < -0.39 is 0 Å². The second-order valence-electron chi connectivity index (χ2n) is 4.04. The summed E-state index contributed by atoms with van der Waals surface area (Å²) in [4.78, 5) is 0. The normalized spacial score (nSPS) is 12.5. The first-order chi connectivity index (χ1) is 7.63. The van der Waals surface area contributed by atoms with E-state index in [4.69, 9.17) is 4.74 Å². The average Bonchev–Trinajstić information content (AvgIpc) is 2.24. The lowest BCUT2D eigenvalue weighted by atomic mass is 10.2. The summed E-state index contributed by atoms with van der Waals surface area (Å²) in [7, 11) is 0. The van der Waals surface area contributed by atoms with Crippen molar-refractivity contribution < 1.29 is 4.74 Å². The molecule has 0 aliphatic heterocycles. The molecule has 0 saturated carbocycles. The van der Waals surface area contributed by atoms with Crippen molar-refractivity contribution in [3.63, 3.8) is 0 Å². The molecule has 0 amide bonds. The third-order valence-electron chi connectivity index (χ3n) is 2.34. The zero-order chi connectivity index (χ0) is 12.0. The molecule has 1 rings (SSSR count). The Kier molecular flexibility index (Phi) is 5.85. The maximum Gasteiger partial charge on any atom is 0.123 e. The van der Waals surface area contributed by atoms with Gasteiger partial charge in [0, 0.05) is 11.0 Å². The van der Waals surface area contributed by atoms with Crippen LogP contribution in [0.5, 0.6) is 5.75 Å². The van der Waals surface area contributed by atoms with Gasteiger partial charge in [-0.25, -0.2) is 0 Å². The van der Waals surface area contributed by atoms with E-state index in [0.29, 0.717) is 0 Å². The molecule has 16 heavy (non-hydrogen) atoms. The number of nitrogens with one attached hydrogen (secondary N) is 1. The van der Waals surface area contributed by atoms with Crippen LogP contribution in [0.4, 0.5) is 0 Å². The molecular weight excluding hydrogens is 266 g/mol. The first kappa shape index (κ1) is 13.5. The van der Waals surface area contributed by atoms with Gasteiger partial charge in [0.15, 0.2) is 0 Å². The van der Waals surface area contributed by atoms with E-state index in [1.54, 1.807) is 0 Å². The zero-order valence-corrected chi connectivity index (χ0v) is 11.8. The Morgan fingerprint density at radius 2 is 2.19 bits per heavy atom. The lowest BCUT2D eigenvalue weighted by Crippen LogP contribution is -2.29. The van der Waals surface area contributed by atoms with Gasteiger partial charge < -0.3 is 10.1 Å². The summed E-state index contributed by atoms with van der Waals surface area (Å²) >= 11 is 3.45. The highest BCUT2D eigenvalue weighted by molar-refractivity contribution is 9.10. The number of hydrogen-bond acceptors (Lipinski definition) is 2. The highest BCUT2D eigenvalue weighted by Gasteiger charge is 2.06. The van der Waals surface area contributed by atoms with Crippen LogP contribution in [0.25, 0.3) is 0 Å². The quantitative estimate of drug-likeness (QED) is 0.808. The van der Waals surface area contributed by atoms with Gasteiger partial charge in [-0.3, -0.25) is 0 Å². The molecule has 1 aromatic rings. The number of ether oxygens (including phenoxy) is 1. The summed E-state index contributed by atoms with van der Waals surface area (Å²) in [5, 5.41) is 3.35. The van der Waals surface area contributed by atoms with E-state index >= 15 is 0 Å².